The highest BCUT2D eigenvalue weighted by Crippen LogP contribution is 2.34. The maximum atomic E-state index is 14.3. The molecule has 1 aromatic carbocycles. The Kier molecular flexibility index (Phi) is 3.97. The van der Waals surface area contributed by atoms with Gasteiger partial charge >= 0.3 is 10.2 Å². The van der Waals surface area contributed by atoms with Crippen molar-refractivity contribution in [3.8, 4) is 5.75 Å². The number of phenolic OH excluding ortho intramolecular Hbond substituents is 1. The smallest absolute Gasteiger partial charge is 0.326 e. The van der Waals surface area contributed by atoms with Gasteiger partial charge in [0.25, 0.3) is 5.91 Å². The first-order valence-electron chi connectivity index (χ1n) is 6.86. The Bertz CT molecular complexity index is 866. The quantitative estimate of drug-likeness (QED) is 0.748. The number of carbonyl (C=O) groups excluding carboxylic acids is 1. The molecule has 0 bridgehead atoms. The van der Waals surface area contributed by atoms with Crippen LogP contribution in [-0.4, -0.2) is 31.0 Å². The van der Waals surface area contributed by atoms with Gasteiger partial charge in [0.2, 0.25) is 0 Å². The van der Waals surface area contributed by atoms with Gasteiger partial charge in [0.05, 0.1) is 0 Å². The van der Waals surface area contributed by atoms with E-state index in [4.69, 9.17) is 0 Å². The van der Waals surface area contributed by atoms with Crippen LogP contribution in [0.25, 0.3) is 0 Å². The average Bonchev–Trinajstić information content (AvgIpc) is 2.78. The van der Waals surface area contributed by atoms with E-state index < -0.39 is 39.9 Å². The third-order valence-corrected chi connectivity index (χ3v) is 4.69. The lowest BCUT2D eigenvalue weighted by Crippen LogP contribution is -2.30. The third kappa shape index (κ3) is 3.08. The van der Waals surface area contributed by atoms with Gasteiger partial charge in [-0.3, -0.25) is 4.79 Å². The van der Waals surface area contributed by atoms with Gasteiger partial charge in [0, 0.05) is 12.7 Å². The molecule has 0 atom stereocenters. The summed E-state index contributed by atoms with van der Waals surface area (Å²) in [5.41, 5.74) is -0.176. The van der Waals surface area contributed by atoms with Crippen LogP contribution in [0, 0.1) is 5.82 Å². The van der Waals surface area contributed by atoms with Crippen molar-refractivity contribution in [2.24, 2.45) is 0 Å². The molecular formula is C14H13FN4O4S. The zero-order valence-electron chi connectivity index (χ0n) is 12.2. The summed E-state index contributed by atoms with van der Waals surface area (Å²) >= 11 is 0. The molecular weight excluding hydrogens is 339 g/mol. The van der Waals surface area contributed by atoms with E-state index in [1.54, 1.807) is 29.1 Å². The SMILES string of the molecule is O=C1CN(c2c(O)cc(CNc3ccccn3)cc2F)S(=O)(=O)N1. The van der Waals surface area contributed by atoms with Gasteiger partial charge in [-0.1, -0.05) is 6.07 Å². The van der Waals surface area contributed by atoms with E-state index in [-0.39, 0.29) is 6.54 Å². The summed E-state index contributed by atoms with van der Waals surface area (Å²) in [5.74, 6) is -1.76. The lowest BCUT2D eigenvalue weighted by atomic mass is 10.1. The van der Waals surface area contributed by atoms with Gasteiger partial charge in [-0.15, -0.1) is 0 Å². The zero-order valence-corrected chi connectivity index (χ0v) is 13.0. The summed E-state index contributed by atoms with van der Waals surface area (Å²) in [5, 5.41) is 13.0. The van der Waals surface area contributed by atoms with E-state index in [1.807, 2.05) is 0 Å². The van der Waals surface area contributed by atoms with Gasteiger partial charge in [0.1, 0.15) is 23.8 Å². The van der Waals surface area contributed by atoms with E-state index in [1.165, 1.54) is 6.07 Å². The number of hydrogen-bond donors (Lipinski definition) is 3. The average molecular weight is 352 g/mol. The molecule has 0 unspecified atom stereocenters. The van der Waals surface area contributed by atoms with E-state index in [0.29, 0.717) is 15.7 Å². The third-order valence-electron chi connectivity index (χ3n) is 3.31. The van der Waals surface area contributed by atoms with E-state index in [9.17, 15) is 22.7 Å². The normalized spacial score (nSPS) is 16.0. The minimum atomic E-state index is -4.19. The van der Waals surface area contributed by atoms with Crippen molar-refractivity contribution < 1.29 is 22.7 Å². The lowest BCUT2D eigenvalue weighted by molar-refractivity contribution is -0.117. The number of aromatic nitrogens is 1. The summed E-state index contributed by atoms with van der Waals surface area (Å²) in [6.45, 7) is -0.413. The maximum Gasteiger partial charge on any atom is 0.326 e. The van der Waals surface area contributed by atoms with Gasteiger partial charge in [-0.05, 0) is 29.8 Å². The molecule has 3 N–H and O–H groups in total. The van der Waals surface area contributed by atoms with Crippen molar-refractivity contribution in [2.45, 2.75) is 6.54 Å². The number of aromatic hydroxyl groups is 1. The second-order valence-electron chi connectivity index (χ2n) is 5.05. The summed E-state index contributed by atoms with van der Waals surface area (Å²) in [6, 6.07) is 7.56. The summed E-state index contributed by atoms with van der Waals surface area (Å²) < 4.78 is 40.1. The van der Waals surface area contributed by atoms with Crippen LogP contribution < -0.4 is 14.3 Å². The Morgan fingerprint density at radius 3 is 2.75 bits per heavy atom. The number of nitrogens with zero attached hydrogens (tertiary/aromatic N) is 2. The molecule has 0 saturated carbocycles. The standard InChI is InChI=1S/C14H13FN4O4S/c15-10-5-9(7-17-12-3-1-2-4-16-12)6-11(20)14(10)19-8-13(21)18-24(19,22)23/h1-6,20H,7-8H2,(H,16,17)(H,18,21). The van der Waals surface area contributed by atoms with Crippen molar-refractivity contribution in [1.29, 1.82) is 0 Å². The number of anilines is 2. The molecule has 2 aromatic rings. The largest absolute Gasteiger partial charge is 0.506 e. The van der Waals surface area contributed by atoms with Crippen LogP contribution in [0.15, 0.2) is 36.5 Å². The minimum absolute atomic E-state index is 0.172. The van der Waals surface area contributed by atoms with Crippen molar-refractivity contribution in [3.05, 3.63) is 47.9 Å². The van der Waals surface area contributed by atoms with Crippen LogP contribution in [0.1, 0.15) is 5.56 Å². The molecule has 126 valence electrons. The van der Waals surface area contributed by atoms with E-state index in [0.717, 1.165) is 6.07 Å². The van der Waals surface area contributed by atoms with E-state index in [2.05, 4.69) is 10.3 Å². The predicted octanol–water partition coefficient (Wildman–Crippen LogP) is 0.719. The highest BCUT2D eigenvalue weighted by atomic mass is 32.2. The highest BCUT2D eigenvalue weighted by molar-refractivity contribution is 7.92. The molecule has 2 heterocycles. The number of hydrogen-bond acceptors (Lipinski definition) is 6. The molecule has 1 saturated heterocycles. The molecule has 1 aliphatic heterocycles. The van der Waals surface area contributed by atoms with Crippen molar-refractivity contribution in [2.75, 3.05) is 16.2 Å². The number of rotatable bonds is 4. The molecule has 0 aliphatic carbocycles. The second kappa shape index (κ2) is 5.96. The topological polar surface area (TPSA) is 112 Å². The number of pyridine rings is 1. The molecule has 3 rings (SSSR count). The van der Waals surface area contributed by atoms with Gasteiger partial charge < -0.3 is 10.4 Å². The molecule has 0 spiro atoms. The van der Waals surface area contributed by atoms with Crippen LogP contribution in [0.4, 0.5) is 15.9 Å². The van der Waals surface area contributed by atoms with E-state index >= 15 is 0 Å². The molecule has 24 heavy (non-hydrogen) atoms. The summed E-state index contributed by atoms with van der Waals surface area (Å²) in [4.78, 5) is 15.3. The molecule has 1 aromatic heterocycles. The fourth-order valence-corrected chi connectivity index (χ4v) is 3.46. The van der Waals surface area contributed by atoms with Crippen molar-refractivity contribution in [3.63, 3.8) is 0 Å². The monoisotopic (exact) mass is 352 g/mol. The van der Waals surface area contributed by atoms with Gasteiger partial charge in [-0.2, -0.15) is 8.42 Å². The Morgan fingerprint density at radius 2 is 2.17 bits per heavy atom. The van der Waals surface area contributed by atoms with Crippen LogP contribution in [0.5, 0.6) is 5.75 Å². The van der Waals surface area contributed by atoms with Crippen LogP contribution in [0.2, 0.25) is 0 Å². The number of carbonyl (C=O) groups is 1. The number of amides is 1. The van der Waals surface area contributed by atoms with Gasteiger partial charge in [0.15, 0.2) is 5.82 Å². The molecule has 8 nitrogen and oxygen atoms in total. The summed E-state index contributed by atoms with van der Waals surface area (Å²) in [7, 11) is -4.19. The molecule has 1 aliphatic rings. The van der Waals surface area contributed by atoms with Gasteiger partial charge in [-0.25, -0.2) is 18.4 Å². The van der Waals surface area contributed by atoms with Crippen LogP contribution >= 0.6 is 0 Å². The van der Waals surface area contributed by atoms with Crippen molar-refractivity contribution >= 4 is 27.6 Å². The Hall–Kier alpha value is -2.88. The molecule has 10 heteroatoms. The first-order chi connectivity index (χ1) is 11.4. The summed E-state index contributed by atoms with van der Waals surface area (Å²) in [6.07, 6.45) is 1.59. The maximum absolute atomic E-state index is 14.3. The van der Waals surface area contributed by atoms with Crippen molar-refractivity contribution in [1.82, 2.24) is 9.71 Å². The first-order valence-corrected chi connectivity index (χ1v) is 8.30. The van der Waals surface area contributed by atoms with Crippen LogP contribution in [0.3, 0.4) is 0 Å². The Labute approximate surface area is 137 Å². The number of benzene rings is 1. The lowest BCUT2D eigenvalue weighted by Gasteiger charge is -2.18. The second-order valence-corrected chi connectivity index (χ2v) is 6.65. The van der Waals surface area contributed by atoms with Crippen LogP contribution in [-0.2, 0) is 21.5 Å². The molecule has 0 radical (unpaired) electrons. The molecule has 1 amide bonds. The number of halogens is 1. The zero-order chi connectivity index (χ0) is 17.3. The Balaban J connectivity index is 1.85. The first kappa shape index (κ1) is 16.0. The highest BCUT2D eigenvalue weighted by Gasteiger charge is 2.37. The fraction of sp³-hybridized carbons (Fsp3) is 0.143. The minimum Gasteiger partial charge on any atom is -0.506 e. The Morgan fingerprint density at radius 1 is 1.38 bits per heavy atom. The molecule has 1 fully saturated rings. The predicted molar refractivity (Wildman–Crippen MR) is 84.0 cm³/mol. The number of nitrogens with one attached hydrogen (secondary N) is 2. The fourth-order valence-electron chi connectivity index (χ4n) is 2.29. The number of phenols is 1.